The second-order valence-electron chi connectivity index (χ2n) is 3.62. The van der Waals surface area contributed by atoms with Crippen LogP contribution < -0.4 is 11.0 Å². The molecule has 2 rings (SSSR count). The third-order valence-corrected chi connectivity index (χ3v) is 2.28. The van der Waals surface area contributed by atoms with Crippen LogP contribution in [0.25, 0.3) is 0 Å². The Balaban J connectivity index is 0.000000364. The van der Waals surface area contributed by atoms with Crippen LogP contribution in [0.15, 0.2) is 72.2 Å². The van der Waals surface area contributed by atoms with Crippen molar-refractivity contribution in [2.45, 2.75) is 0 Å². The van der Waals surface area contributed by atoms with Gasteiger partial charge >= 0.3 is 0 Å². The van der Waals surface area contributed by atoms with E-state index in [1.165, 1.54) is 24.6 Å². The number of carbonyl (C=O) groups excluding carboxylic acids is 2. The van der Waals surface area contributed by atoms with Gasteiger partial charge in [0.05, 0.1) is 0 Å². The van der Waals surface area contributed by atoms with Crippen LogP contribution in [0.3, 0.4) is 0 Å². The fraction of sp³-hybridized carbons (Fsp3) is 0. The van der Waals surface area contributed by atoms with E-state index < -0.39 is 0 Å². The molecule has 7 heteroatoms. The smallest absolute Gasteiger partial charge is 0.187 e. The SMILES string of the molecule is O=C1C=CC=C/C1=C/NO.O=C1C=CC=C/C1=C/NO.[Cu]. The maximum atomic E-state index is 10.8. The fourth-order valence-corrected chi connectivity index (χ4v) is 1.34. The maximum Gasteiger partial charge on any atom is 0.187 e. The minimum atomic E-state index is -0.107. The number of hydrogen-bond donors (Lipinski definition) is 4. The molecule has 115 valence electrons. The van der Waals surface area contributed by atoms with Gasteiger partial charge in [-0.25, -0.2) is 0 Å². The van der Waals surface area contributed by atoms with Crippen molar-refractivity contribution >= 4 is 11.6 Å². The molecular formula is C14H14CuN2O4. The first kappa shape index (κ1) is 18.8. The zero-order valence-corrected chi connectivity index (χ0v) is 11.7. The van der Waals surface area contributed by atoms with Crippen LogP contribution in [0, 0.1) is 0 Å². The predicted octanol–water partition coefficient (Wildman–Crippen LogP) is 1.09. The second-order valence-corrected chi connectivity index (χ2v) is 3.62. The van der Waals surface area contributed by atoms with Crippen molar-refractivity contribution in [3.63, 3.8) is 0 Å². The molecule has 1 radical (unpaired) electrons. The number of hydrogen-bond acceptors (Lipinski definition) is 6. The van der Waals surface area contributed by atoms with Crippen LogP contribution in [0.1, 0.15) is 0 Å². The predicted molar refractivity (Wildman–Crippen MR) is 72.6 cm³/mol. The quantitative estimate of drug-likeness (QED) is 0.342. The van der Waals surface area contributed by atoms with E-state index in [4.69, 9.17) is 10.4 Å². The Bertz CT molecular complexity index is 507. The number of rotatable bonds is 2. The zero-order valence-electron chi connectivity index (χ0n) is 10.8. The van der Waals surface area contributed by atoms with Crippen molar-refractivity contribution in [1.29, 1.82) is 0 Å². The number of allylic oxidation sites excluding steroid dienone is 10. The number of nitrogens with one attached hydrogen (secondary N) is 2. The number of hydroxylamine groups is 2. The third-order valence-electron chi connectivity index (χ3n) is 2.28. The van der Waals surface area contributed by atoms with Crippen LogP contribution >= 0.6 is 0 Å². The monoisotopic (exact) mass is 337 g/mol. The number of ketones is 2. The molecule has 21 heavy (non-hydrogen) atoms. The van der Waals surface area contributed by atoms with Gasteiger partial charge in [0.25, 0.3) is 0 Å². The molecule has 0 heterocycles. The first-order valence-corrected chi connectivity index (χ1v) is 5.66. The zero-order chi connectivity index (χ0) is 14.8. The van der Waals surface area contributed by atoms with Crippen LogP contribution in [0.5, 0.6) is 0 Å². The van der Waals surface area contributed by atoms with E-state index in [0.717, 1.165) is 0 Å². The van der Waals surface area contributed by atoms with Crippen molar-refractivity contribution in [3.05, 3.63) is 72.2 Å². The minimum Gasteiger partial charge on any atom is -0.292 e. The Morgan fingerprint density at radius 2 is 1.05 bits per heavy atom. The van der Waals surface area contributed by atoms with Crippen molar-refractivity contribution in [2.75, 3.05) is 0 Å². The van der Waals surface area contributed by atoms with E-state index >= 15 is 0 Å². The maximum absolute atomic E-state index is 10.8. The Morgan fingerprint density at radius 1 is 0.714 bits per heavy atom. The molecule has 0 amide bonds. The average Bonchev–Trinajstić information content (AvgIpc) is 2.45. The molecular weight excluding hydrogens is 324 g/mol. The normalized spacial score (nSPS) is 19.1. The molecule has 0 aromatic heterocycles. The van der Waals surface area contributed by atoms with Gasteiger partial charge < -0.3 is 0 Å². The summed E-state index contributed by atoms with van der Waals surface area (Å²) in [6.07, 6.45) is 15.3. The van der Waals surface area contributed by atoms with Crippen molar-refractivity contribution in [2.24, 2.45) is 0 Å². The Hall–Kier alpha value is -2.18. The number of carbonyl (C=O) groups is 2. The van der Waals surface area contributed by atoms with E-state index in [2.05, 4.69) is 0 Å². The molecule has 0 aromatic carbocycles. The van der Waals surface area contributed by atoms with Crippen molar-refractivity contribution in [3.8, 4) is 0 Å². The van der Waals surface area contributed by atoms with Gasteiger partial charge in [0, 0.05) is 40.6 Å². The van der Waals surface area contributed by atoms with Crippen molar-refractivity contribution < 1.29 is 37.1 Å². The minimum absolute atomic E-state index is 0. The van der Waals surface area contributed by atoms with Gasteiger partial charge in [-0.05, 0) is 24.3 Å². The average molecular weight is 338 g/mol. The summed E-state index contributed by atoms with van der Waals surface area (Å²) >= 11 is 0. The molecule has 2 aliphatic rings. The summed E-state index contributed by atoms with van der Waals surface area (Å²) in [5.74, 6) is -0.215. The third kappa shape index (κ3) is 6.69. The topological polar surface area (TPSA) is 98.7 Å². The van der Waals surface area contributed by atoms with Crippen LogP contribution in [0.2, 0.25) is 0 Å². The van der Waals surface area contributed by atoms with E-state index in [-0.39, 0.29) is 28.6 Å². The van der Waals surface area contributed by atoms with Gasteiger partial charge in [-0.3, -0.25) is 31.0 Å². The van der Waals surface area contributed by atoms with E-state index in [9.17, 15) is 9.59 Å². The van der Waals surface area contributed by atoms with Crippen LogP contribution in [-0.4, -0.2) is 22.0 Å². The molecule has 0 aliphatic heterocycles. The second kappa shape index (κ2) is 10.6. The summed E-state index contributed by atoms with van der Waals surface area (Å²) in [7, 11) is 0. The summed E-state index contributed by atoms with van der Waals surface area (Å²) < 4.78 is 0. The molecule has 0 saturated heterocycles. The summed E-state index contributed by atoms with van der Waals surface area (Å²) in [6.45, 7) is 0. The van der Waals surface area contributed by atoms with Gasteiger partial charge in [-0.1, -0.05) is 24.3 Å². The molecule has 0 spiro atoms. The Labute approximate surface area is 132 Å². The largest absolute Gasteiger partial charge is 0.292 e. The Morgan fingerprint density at radius 3 is 1.33 bits per heavy atom. The van der Waals surface area contributed by atoms with Gasteiger partial charge in [0.15, 0.2) is 11.6 Å². The molecule has 0 unspecified atom stereocenters. The molecule has 2 aliphatic carbocycles. The summed E-state index contributed by atoms with van der Waals surface area (Å²) in [5.41, 5.74) is 4.50. The van der Waals surface area contributed by atoms with Crippen LogP contribution in [0.4, 0.5) is 0 Å². The Kier molecular flexibility index (Phi) is 9.49. The van der Waals surface area contributed by atoms with E-state index in [1.807, 2.05) is 0 Å². The molecule has 0 bridgehead atoms. The van der Waals surface area contributed by atoms with Gasteiger partial charge in [0.1, 0.15) is 0 Å². The van der Waals surface area contributed by atoms with Gasteiger partial charge in [0.2, 0.25) is 0 Å². The van der Waals surface area contributed by atoms with Gasteiger partial charge in [-0.2, -0.15) is 0 Å². The fourth-order valence-electron chi connectivity index (χ4n) is 1.34. The molecule has 6 nitrogen and oxygen atoms in total. The van der Waals surface area contributed by atoms with E-state index in [1.54, 1.807) is 47.4 Å². The van der Waals surface area contributed by atoms with Crippen molar-refractivity contribution in [1.82, 2.24) is 11.0 Å². The molecule has 0 saturated carbocycles. The van der Waals surface area contributed by atoms with Crippen LogP contribution in [-0.2, 0) is 26.7 Å². The standard InChI is InChI=1S/2C7H7NO2.Cu/c2*9-7-4-2-1-3-6(7)5-8-10;/h2*1-5,8,10H;/b2*6-5-;. The van der Waals surface area contributed by atoms with E-state index in [0.29, 0.717) is 11.1 Å². The summed E-state index contributed by atoms with van der Waals surface area (Å²) in [4.78, 5) is 21.7. The first-order valence-electron chi connectivity index (χ1n) is 5.66. The van der Waals surface area contributed by atoms with Gasteiger partial charge in [-0.15, -0.1) is 0 Å². The molecule has 4 N–H and O–H groups in total. The summed E-state index contributed by atoms with van der Waals surface area (Å²) in [6, 6.07) is 0. The molecule has 0 atom stereocenters. The summed E-state index contributed by atoms with van der Waals surface area (Å²) in [5, 5.41) is 16.4. The molecule has 0 fully saturated rings. The first-order chi connectivity index (χ1) is 9.69. The molecule has 0 aromatic rings.